The van der Waals surface area contributed by atoms with Crippen molar-refractivity contribution in [2.24, 2.45) is 0 Å². The predicted molar refractivity (Wildman–Crippen MR) is 82.1 cm³/mol. The molecular weight excluding hydrogens is 267 g/mol. The lowest BCUT2D eigenvalue weighted by molar-refractivity contribution is 0.381. The number of pyridine rings is 1. The van der Waals surface area contributed by atoms with E-state index in [-0.39, 0.29) is 17.6 Å². The monoisotopic (exact) mass is 288 g/mol. The first-order chi connectivity index (χ1) is 10.2. The molecule has 0 saturated heterocycles. The molecule has 1 unspecified atom stereocenters. The Labute approximate surface area is 125 Å². The molecule has 0 aliphatic heterocycles. The molecule has 0 radical (unpaired) electrons. The number of nitrogens with zero attached hydrogens (tertiary/aromatic N) is 1. The van der Waals surface area contributed by atoms with Gasteiger partial charge in [0, 0.05) is 17.5 Å². The summed E-state index contributed by atoms with van der Waals surface area (Å²) in [6.45, 7) is 4.83. The normalized spacial score (nSPS) is 12.2. The minimum Gasteiger partial charge on any atom is -0.494 e. The van der Waals surface area contributed by atoms with Gasteiger partial charge in [-0.3, -0.25) is 4.98 Å². The Kier molecular flexibility index (Phi) is 5.28. The van der Waals surface area contributed by atoms with Crippen LogP contribution in [0.2, 0.25) is 0 Å². The van der Waals surface area contributed by atoms with E-state index in [9.17, 15) is 4.39 Å². The maximum atomic E-state index is 14.6. The second-order valence-electron chi connectivity index (χ2n) is 4.93. The highest BCUT2D eigenvalue weighted by Crippen LogP contribution is 2.30. The van der Waals surface area contributed by atoms with E-state index in [0.29, 0.717) is 5.56 Å². The molecule has 21 heavy (non-hydrogen) atoms. The minimum absolute atomic E-state index is 0.228. The van der Waals surface area contributed by atoms with Gasteiger partial charge in [0.05, 0.1) is 13.2 Å². The predicted octanol–water partition coefficient (Wildman–Crippen LogP) is 3.63. The summed E-state index contributed by atoms with van der Waals surface area (Å²) < 4.78 is 19.7. The van der Waals surface area contributed by atoms with Crippen LogP contribution in [-0.2, 0) is 0 Å². The smallest absolute Gasteiger partial charge is 0.170 e. The molecule has 0 spiro atoms. The van der Waals surface area contributed by atoms with Crippen molar-refractivity contribution in [3.05, 3.63) is 59.2 Å². The summed E-state index contributed by atoms with van der Waals surface area (Å²) in [5.41, 5.74) is 2.46. The molecule has 0 fully saturated rings. The third-order valence-electron chi connectivity index (χ3n) is 3.48. The summed E-state index contributed by atoms with van der Waals surface area (Å²) in [5, 5.41) is 3.40. The standard InChI is InChI=1S/C17H21FN2O/c1-4-10-20-17(13-8-6-11-19-12(13)2)14-7-5-9-15(21-3)16(14)18/h5-9,11,17,20H,4,10H2,1-3H3. The van der Waals surface area contributed by atoms with Crippen LogP contribution < -0.4 is 10.1 Å². The van der Waals surface area contributed by atoms with Gasteiger partial charge < -0.3 is 10.1 Å². The summed E-state index contributed by atoms with van der Waals surface area (Å²) in [6, 6.07) is 8.86. The topological polar surface area (TPSA) is 34.2 Å². The van der Waals surface area contributed by atoms with Gasteiger partial charge in [0.1, 0.15) is 0 Å². The van der Waals surface area contributed by atoms with Crippen molar-refractivity contribution in [2.75, 3.05) is 13.7 Å². The zero-order valence-corrected chi connectivity index (χ0v) is 12.7. The fourth-order valence-electron chi connectivity index (χ4n) is 2.39. The fourth-order valence-corrected chi connectivity index (χ4v) is 2.39. The summed E-state index contributed by atoms with van der Waals surface area (Å²) in [5.74, 6) is -0.0609. The average Bonchev–Trinajstić information content (AvgIpc) is 2.50. The maximum absolute atomic E-state index is 14.6. The fraction of sp³-hybridized carbons (Fsp3) is 0.353. The molecule has 1 aromatic carbocycles. The number of halogens is 1. The van der Waals surface area contributed by atoms with E-state index in [0.717, 1.165) is 24.2 Å². The average molecular weight is 288 g/mol. The number of nitrogens with one attached hydrogen (secondary N) is 1. The summed E-state index contributed by atoms with van der Waals surface area (Å²) >= 11 is 0. The summed E-state index contributed by atoms with van der Waals surface area (Å²) in [6.07, 6.45) is 2.72. The van der Waals surface area contributed by atoms with Gasteiger partial charge in [0.25, 0.3) is 0 Å². The lowest BCUT2D eigenvalue weighted by Crippen LogP contribution is -2.25. The Balaban J connectivity index is 2.48. The molecule has 1 heterocycles. The molecule has 0 saturated carbocycles. The van der Waals surface area contributed by atoms with E-state index >= 15 is 0 Å². The molecule has 0 aliphatic carbocycles. The van der Waals surface area contributed by atoms with Crippen LogP contribution >= 0.6 is 0 Å². The largest absolute Gasteiger partial charge is 0.494 e. The molecule has 0 amide bonds. The Morgan fingerprint density at radius 3 is 2.67 bits per heavy atom. The third kappa shape index (κ3) is 3.39. The van der Waals surface area contributed by atoms with Crippen LogP contribution in [0.1, 0.15) is 36.2 Å². The van der Waals surface area contributed by atoms with E-state index in [1.54, 1.807) is 18.3 Å². The van der Waals surface area contributed by atoms with Gasteiger partial charge in [-0.15, -0.1) is 0 Å². The zero-order chi connectivity index (χ0) is 15.2. The van der Waals surface area contributed by atoms with Gasteiger partial charge in [-0.25, -0.2) is 4.39 Å². The number of rotatable bonds is 6. The van der Waals surface area contributed by atoms with Crippen molar-refractivity contribution in [2.45, 2.75) is 26.3 Å². The summed E-state index contributed by atoms with van der Waals surface area (Å²) in [4.78, 5) is 4.31. The summed E-state index contributed by atoms with van der Waals surface area (Å²) in [7, 11) is 1.48. The van der Waals surface area contributed by atoms with Crippen molar-refractivity contribution in [3.63, 3.8) is 0 Å². The van der Waals surface area contributed by atoms with Gasteiger partial charge in [-0.1, -0.05) is 25.1 Å². The third-order valence-corrected chi connectivity index (χ3v) is 3.48. The van der Waals surface area contributed by atoms with Crippen LogP contribution in [0, 0.1) is 12.7 Å². The number of aryl methyl sites for hydroxylation is 1. The number of methoxy groups -OCH3 is 1. The van der Waals surface area contributed by atoms with Crippen molar-refractivity contribution in [1.82, 2.24) is 10.3 Å². The molecule has 0 aliphatic rings. The van der Waals surface area contributed by atoms with Gasteiger partial charge >= 0.3 is 0 Å². The number of aromatic nitrogens is 1. The van der Waals surface area contributed by atoms with Gasteiger partial charge in [0.2, 0.25) is 0 Å². The Morgan fingerprint density at radius 1 is 1.24 bits per heavy atom. The molecule has 4 heteroatoms. The second kappa shape index (κ2) is 7.18. The highest BCUT2D eigenvalue weighted by molar-refractivity contribution is 5.39. The molecule has 112 valence electrons. The maximum Gasteiger partial charge on any atom is 0.170 e. The lowest BCUT2D eigenvalue weighted by atomic mass is 9.96. The van der Waals surface area contributed by atoms with Crippen LogP contribution in [0.4, 0.5) is 4.39 Å². The minimum atomic E-state index is -0.322. The van der Waals surface area contributed by atoms with Gasteiger partial charge in [-0.05, 0) is 37.6 Å². The van der Waals surface area contributed by atoms with Crippen molar-refractivity contribution in [3.8, 4) is 5.75 Å². The zero-order valence-electron chi connectivity index (χ0n) is 12.7. The van der Waals surface area contributed by atoms with E-state index in [2.05, 4.69) is 17.2 Å². The number of ether oxygens (including phenoxy) is 1. The molecule has 2 aromatic rings. The Bertz CT molecular complexity index is 601. The number of hydrogen-bond donors (Lipinski definition) is 1. The van der Waals surface area contributed by atoms with E-state index in [1.165, 1.54) is 7.11 Å². The van der Waals surface area contributed by atoms with Gasteiger partial charge in [0.15, 0.2) is 11.6 Å². The van der Waals surface area contributed by atoms with Crippen LogP contribution in [0.5, 0.6) is 5.75 Å². The molecule has 3 nitrogen and oxygen atoms in total. The second-order valence-corrected chi connectivity index (χ2v) is 4.93. The molecule has 1 N–H and O–H groups in total. The van der Waals surface area contributed by atoms with Crippen molar-refractivity contribution in [1.29, 1.82) is 0 Å². The van der Waals surface area contributed by atoms with Crippen molar-refractivity contribution >= 4 is 0 Å². The number of hydrogen-bond acceptors (Lipinski definition) is 3. The van der Waals surface area contributed by atoms with Crippen LogP contribution in [0.15, 0.2) is 36.5 Å². The molecule has 2 rings (SSSR count). The Morgan fingerprint density at radius 2 is 2.00 bits per heavy atom. The SMILES string of the molecule is CCCNC(c1cccnc1C)c1cccc(OC)c1F. The highest BCUT2D eigenvalue weighted by Gasteiger charge is 2.21. The van der Waals surface area contributed by atoms with E-state index in [4.69, 9.17) is 4.74 Å². The molecule has 0 bridgehead atoms. The molecule has 1 atom stereocenters. The first kappa shape index (κ1) is 15.4. The van der Waals surface area contributed by atoms with Gasteiger partial charge in [-0.2, -0.15) is 0 Å². The first-order valence-corrected chi connectivity index (χ1v) is 7.16. The van der Waals surface area contributed by atoms with E-state index in [1.807, 2.05) is 25.1 Å². The quantitative estimate of drug-likeness (QED) is 0.881. The molecule has 1 aromatic heterocycles. The number of benzene rings is 1. The van der Waals surface area contributed by atoms with E-state index < -0.39 is 0 Å². The van der Waals surface area contributed by atoms with Crippen LogP contribution in [-0.4, -0.2) is 18.6 Å². The van der Waals surface area contributed by atoms with Crippen LogP contribution in [0.25, 0.3) is 0 Å². The van der Waals surface area contributed by atoms with Crippen molar-refractivity contribution < 1.29 is 9.13 Å². The van der Waals surface area contributed by atoms with Crippen LogP contribution in [0.3, 0.4) is 0 Å². The first-order valence-electron chi connectivity index (χ1n) is 7.16. The lowest BCUT2D eigenvalue weighted by Gasteiger charge is -2.22. The molecular formula is C17H21FN2O. The highest BCUT2D eigenvalue weighted by atomic mass is 19.1. The Hall–Kier alpha value is -1.94.